The zero-order chi connectivity index (χ0) is 15.3. The molecule has 1 amide bonds. The molecule has 2 N–H and O–H groups in total. The molecule has 0 unspecified atom stereocenters. The quantitative estimate of drug-likeness (QED) is 0.819. The minimum absolute atomic E-state index is 0.0299. The molecule has 110 valence electrons. The second-order valence-corrected chi connectivity index (χ2v) is 5.61. The number of nitrogens with two attached hydrogens (primary N) is 1. The Morgan fingerprint density at radius 3 is 2.55 bits per heavy atom. The van der Waals surface area contributed by atoms with Crippen LogP contribution < -0.4 is 10.6 Å². The summed E-state index contributed by atoms with van der Waals surface area (Å²) in [5.41, 5.74) is 7.31. The third kappa shape index (κ3) is 4.35. The van der Waals surface area contributed by atoms with E-state index in [0.29, 0.717) is 10.6 Å². The largest absolute Gasteiger partial charge is 0.389 e. The number of nitrogens with zero attached hydrogens (tertiary/aromatic N) is 2. The number of rotatable bonds is 6. The van der Waals surface area contributed by atoms with Crippen LogP contribution in [0.5, 0.6) is 0 Å². The van der Waals surface area contributed by atoms with Gasteiger partial charge in [-0.25, -0.2) is 0 Å². The molecule has 0 saturated heterocycles. The van der Waals surface area contributed by atoms with Crippen molar-refractivity contribution < 1.29 is 4.79 Å². The van der Waals surface area contributed by atoms with Gasteiger partial charge in [0.1, 0.15) is 4.99 Å². The normalized spacial score (nSPS) is 10.2. The van der Waals surface area contributed by atoms with Crippen molar-refractivity contribution in [2.24, 2.45) is 5.73 Å². The first-order valence-electron chi connectivity index (χ1n) is 6.41. The van der Waals surface area contributed by atoms with Crippen molar-refractivity contribution in [2.45, 2.75) is 13.3 Å². The molecule has 1 rings (SSSR count). The summed E-state index contributed by atoms with van der Waals surface area (Å²) in [5, 5.41) is 0.576. The van der Waals surface area contributed by atoms with Gasteiger partial charge >= 0.3 is 0 Å². The molecule has 0 aliphatic carbocycles. The van der Waals surface area contributed by atoms with Crippen molar-refractivity contribution in [3.05, 3.63) is 28.8 Å². The number of thiocarbonyl (C=S) groups is 1. The zero-order valence-corrected chi connectivity index (χ0v) is 13.6. The molecule has 6 heteroatoms. The van der Waals surface area contributed by atoms with Crippen molar-refractivity contribution in [1.82, 2.24) is 4.90 Å². The van der Waals surface area contributed by atoms with Crippen molar-refractivity contribution in [1.29, 1.82) is 0 Å². The molecule has 0 bridgehead atoms. The Morgan fingerprint density at radius 1 is 1.40 bits per heavy atom. The average Bonchev–Trinajstić information content (AvgIpc) is 2.37. The summed E-state index contributed by atoms with van der Waals surface area (Å²) < 4.78 is 0. The van der Waals surface area contributed by atoms with Crippen LogP contribution in [0.25, 0.3) is 0 Å². The lowest BCUT2D eigenvalue weighted by Gasteiger charge is -2.27. The van der Waals surface area contributed by atoms with Gasteiger partial charge in [-0.05, 0) is 24.6 Å². The molecular weight excluding hydrogens is 294 g/mol. The lowest BCUT2D eigenvalue weighted by molar-refractivity contribution is -0.127. The standard InChI is InChI=1S/C14H20ClN3OS/c1-4-7-18(9-13(19)17(2)3)12-6-5-10(15)8-11(12)14(16)20/h5-6,8H,4,7,9H2,1-3H3,(H2,16,20). The Morgan fingerprint density at radius 2 is 2.05 bits per heavy atom. The highest BCUT2D eigenvalue weighted by Crippen LogP contribution is 2.24. The summed E-state index contributed by atoms with van der Waals surface area (Å²) in [4.78, 5) is 15.8. The fourth-order valence-corrected chi connectivity index (χ4v) is 2.18. The molecule has 0 atom stereocenters. The van der Waals surface area contributed by atoms with Crippen LogP contribution >= 0.6 is 23.8 Å². The first-order valence-corrected chi connectivity index (χ1v) is 7.19. The minimum atomic E-state index is 0.0299. The van der Waals surface area contributed by atoms with Gasteiger partial charge in [0, 0.05) is 36.9 Å². The first-order chi connectivity index (χ1) is 9.36. The molecule has 0 saturated carbocycles. The van der Waals surface area contributed by atoms with Crippen LogP contribution in [0.2, 0.25) is 5.02 Å². The van der Waals surface area contributed by atoms with Crippen LogP contribution in [-0.2, 0) is 4.79 Å². The summed E-state index contributed by atoms with van der Waals surface area (Å²) in [5.74, 6) is 0.0299. The van der Waals surface area contributed by atoms with E-state index in [-0.39, 0.29) is 17.4 Å². The molecule has 0 aliphatic heterocycles. The van der Waals surface area contributed by atoms with Crippen LogP contribution in [-0.4, -0.2) is 43.0 Å². The molecule has 1 aromatic carbocycles. The van der Waals surface area contributed by atoms with Gasteiger partial charge in [0.2, 0.25) is 5.91 Å². The second kappa shape index (κ2) is 7.45. The van der Waals surface area contributed by atoms with E-state index in [1.807, 2.05) is 11.0 Å². The predicted molar refractivity (Wildman–Crippen MR) is 88.5 cm³/mol. The molecule has 0 aliphatic rings. The Hall–Kier alpha value is -1.33. The van der Waals surface area contributed by atoms with Crippen LogP contribution in [0.1, 0.15) is 18.9 Å². The van der Waals surface area contributed by atoms with Gasteiger partial charge in [0.15, 0.2) is 0 Å². The summed E-state index contributed by atoms with van der Waals surface area (Å²) in [6.07, 6.45) is 0.917. The highest BCUT2D eigenvalue weighted by Gasteiger charge is 2.17. The number of carbonyl (C=O) groups is 1. The predicted octanol–water partition coefficient (Wildman–Crippen LogP) is 2.28. The second-order valence-electron chi connectivity index (χ2n) is 4.74. The van der Waals surface area contributed by atoms with E-state index in [2.05, 4.69) is 6.92 Å². The number of halogens is 1. The summed E-state index contributed by atoms with van der Waals surface area (Å²) >= 11 is 11.1. The van der Waals surface area contributed by atoms with Gasteiger partial charge in [0.25, 0.3) is 0 Å². The average molecular weight is 314 g/mol. The topological polar surface area (TPSA) is 49.6 Å². The number of carbonyl (C=O) groups excluding carboxylic acids is 1. The Bertz CT molecular complexity index is 505. The summed E-state index contributed by atoms with van der Waals surface area (Å²) in [6.45, 7) is 3.10. The van der Waals surface area contributed by atoms with Crippen LogP contribution in [0.3, 0.4) is 0 Å². The van der Waals surface area contributed by atoms with Crippen molar-refractivity contribution in [2.75, 3.05) is 32.1 Å². The van der Waals surface area contributed by atoms with Crippen LogP contribution in [0.15, 0.2) is 18.2 Å². The molecule has 20 heavy (non-hydrogen) atoms. The van der Waals surface area contributed by atoms with Gasteiger partial charge in [-0.3, -0.25) is 4.79 Å². The molecular formula is C14H20ClN3OS. The maximum absolute atomic E-state index is 11.9. The fraction of sp³-hybridized carbons (Fsp3) is 0.429. The van der Waals surface area contributed by atoms with Gasteiger partial charge in [-0.15, -0.1) is 0 Å². The molecule has 4 nitrogen and oxygen atoms in total. The molecule has 0 heterocycles. The smallest absolute Gasteiger partial charge is 0.241 e. The Kier molecular flexibility index (Phi) is 6.23. The monoisotopic (exact) mass is 313 g/mol. The molecule has 1 aromatic rings. The molecule has 0 radical (unpaired) electrons. The highest BCUT2D eigenvalue weighted by molar-refractivity contribution is 7.80. The third-order valence-electron chi connectivity index (χ3n) is 2.88. The van der Waals surface area contributed by atoms with E-state index in [1.165, 1.54) is 0 Å². The van der Waals surface area contributed by atoms with Gasteiger partial charge in [-0.2, -0.15) is 0 Å². The highest BCUT2D eigenvalue weighted by atomic mass is 35.5. The summed E-state index contributed by atoms with van der Waals surface area (Å²) in [7, 11) is 3.48. The van der Waals surface area contributed by atoms with E-state index in [4.69, 9.17) is 29.6 Å². The van der Waals surface area contributed by atoms with Crippen molar-refractivity contribution >= 4 is 40.4 Å². The van der Waals surface area contributed by atoms with Gasteiger partial charge < -0.3 is 15.5 Å². The van der Waals surface area contributed by atoms with E-state index < -0.39 is 0 Å². The first kappa shape index (κ1) is 16.7. The number of benzene rings is 1. The number of likely N-dealkylation sites (N-methyl/N-ethyl adjacent to an activating group) is 1. The SMILES string of the molecule is CCCN(CC(=O)N(C)C)c1ccc(Cl)cc1C(N)=S. The Balaban J connectivity index is 3.14. The number of amides is 1. The van der Waals surface area contributed by atoms with Gasteiger partial charge in [-0.1, -0.05) is 30.7 Å². The minimum Gasteiger partial charge on any atom is -0.389 e. The molecule has 0 aromatic heterocycles. The van der Waals surface area contributed by atoms with Crippen molar-refractivity contribution in [3.63, 3.8) is 0 Å². The lowest BCUT2D eigenvalue weighted by Crippen LogP contribution is -2.38. The van der Waals surface area contributed by atoms with E-state index in [0.717, 1.165) is 18.7 Å². The molecule has 0 fully saturated rings. The van der Waals surface area contributed by atoms with Crippen molar-refractivity contribution in [3.8, 4) is 0 Å². The lowest BCUT2D eigenvalue weighted by atomic mass is 10.1. The molecule has 0 spiro atoms. The summed E-state index contributed by atoms with van der Waals surface area (Å²) in [6, 6.07) is 5.37. The fourth-order valence-electron chi connectivity index (χ4n) is 1.84. The zero-order valence-electron chi connectivity index (χ0n) is 12.0. The van der Waals surface area contributed by atoms with Crippen LogP contribution in [0.4, 0.5) is 5.69 Å². The van der Waals surface area contributed by atoms with E-state index in [9.17, 15) is 4.79 Å². The number of hydrogen-bond donors (Lipinski definition) is 1. The van der Waals surface area contributed by atoms with E-state index >= 15 is 0 Å². The van der Waals surface area contributed by atoms with E-state index in [1.54, 1.807) is 31.1 Å². The maximum atomic E-state index is 11.9. The number of anilines is 1. The third-order valence-corrected chi connectivity index (χ3v) is 3.34. The van der Waals surface area contributed by atoms with Gasteiger partial charge in [0.05, 0.1) is 6.54 Å². The Labute approximate surface area is 130 Å². The maximum Gasteiger partial charge on any atom is 0.241 e. The van der Waals surface area contributed by atoms with Crippen LogP contribution in [0, 0.1) is 0 Å². The number of hydrogen-bond acceptors (Lipinski definition) is 3.